The van der Waals surface area contributed by atoms with Crippen LogP contribution in [0.1, 0.15) is 30.9 Å². The van der Waals surface area contributed by atoms with Crippen molar-refractivity contribution in [2.75, 3.05) is 27.3 Å². The Morgan fingerprint density at radius 1 is 1.07 bits per heavy atom. The van der Waals surface area contributed by atoms with Crippen LogP contribution >= 0.6 is 24.0 Å². The Labute approximate surface area is 184 Å². The number of hydrogen-bond donors (Lipinski definition) is 2. The summed E-state index contributed by atoms with van der Waals surface area (Å²) in [6, 6.07) is 16.7. The molecule has 0 bridgehead atoms. The Morgan fingerprint density at radius 2 is 1.82 bits per heavy atom. The van der Waals surface area contributed by atoms with Gasteiger partial charge in [0.1, 0.15) is 0 Å². The Balaban J connectivity index is 0.00000280. The minimum Gasteiger partial charge on any atom is -0.493 e. The first-order valence-electron chi connectivity index (χ1n) is 9.50. The number of methoxy groups -OCH3 is 1. The van der Waals surface area contributed by atoms with Crippen LogP contribution in [-0.4, -0.2) is 33.3 Å². The molecule has 1 aliphatic carbocycles. The maximum absolute atomic E-state index is 5.57. The number of nitrogens with zero attached hydrogens (tertiary/aromatic N) is 1. The van der Waals surface area contributed by atoms with Crippen molar-refractivity contribution in [2.45, 2.75) is 31.7 Å². The van der Waals surface area contributed by atoms with E-state index in [0.29, 0.717) is 13.2 Å². The van der Waals surface area contributed by atoms with E-state index in [9.17, 15) is 0 Å². The van der Waals surface area contributed by atoms with Gasteiger partial charge in [0, 0.05) is 25.6 Å². The molecule has 6 heteroatoms. The lowest BCUT2D eigenvalue weighted by Crippen LogP contribution is -2.40. The molecule has 2 aromatic carbocycles. The summed E-state index contributed by atoms with van der Waals surface area (Å²) in [4.78, 5) is 4.36. The van der Waals surface area contributed by atoms with Gasteiger partial charge in [-0.3, -0.25) is 4.99 Å². The predicted octanol–water partition coefficient (Wildman–Crippen LogP) is 4.11. The van der Waals surface area contributed by atoms with Gasteiger partial charge < -0.3 is 20.1 Å². The van der Waals surface area contributed by atoms with E-state index in [1.54, 1.807) is 14.2 Å². The van der Waals surface area contributed by atoms with E-state index in [1.807, 2.05) is 25.1 Å². The number of guanidine groups is 1. The van der Waals surface area contributed by atoms with Crippen LogP contribution in [0.15, 0.2) is 53.5 Å². The predicted molar refractivity (Wildman–Crippen MR) is 125 cm³/mol. The molecule has 0 aromatic heterocycles. The van der Waals surface area contributed by atoms with Crippen molar-refractivity contribution in [3.05, 3.63) is 59.7 Å². The van der Waals surface area contributed by atoms with Crippen LogP contribution < -0.4 is 20.1 Å². The minimum atomic E-state index is 0. The number of aliphatic imine (C=N–C) groups is 1. The standard InChI is InChI=1S/C22H29N3O2.HI/c1-4-27-19-11-10-17(14-20(19)26-3)15-24-21(23-2)25-16-22(12-13-22)18-8-6-5-7-9-18;/h5-11,14H,4,12-13,15-16H2,1-3H3,(H2,23,24,25);1H. The van der Waals surface area contributed by atoms with Crippen LogP contribution in [0.5, 0.6) is 11.5 Å². The first kappa shape index (κ1) is 22.3. The first-order chi connectivity index (χ1) is 13.2. The lowest BCUT2D eigenvalue weighted by molar-refractivity contribution is 0.310. The van der Waals surface area contributed by atoms with E-state index in [1.165, 1.54) is 18.4 Å². The molecule has 1 saturated carbocycles. The zero-order valence-corrected chi connectivity index (χ0v) is 19.2. The molecular formula is C22H30IN3O2. The van der Waals surface area contributed by atoms with Gasteiger partial charge in [-0.25, -0.2) is 0 Å². The first-order valence-corrected chi connectivity index (χ1v) is 9.50. The normalized spacial score (nSPS) is 14.6. The number of hydrogen-bond acceptors (Lipinski definition) is 3. The molecule has 5 nitrogen and oxygen atoms in total. The average molecular weight is 495 g/mol. The summed E-state index contributed by atoms with van der Waals surface area (Å²) in [6.45, 7) is 4.14. The second kappa shape index (κ2) is 10.5. The molecule has 0 amide bonds. The van der Waals surface area contributed by atoms with Gasteiger partial charge in [0.15, 0.2) is 17.5 Å². The van der Waals surface area contributed by atoms with Crippen molar-refractivity contribution in [3.63, 3.8) is 0 Å². The summed E-state index contributed by atoms with van der Waals surface area (Å²) < 4.78 is 11.0. The summed E-state index contributed by atoms with van der Waals surface area (Å²) in [7, 11) is 3.46. The summed E-state index contributed by atoms with van der Waals surface area (Å²) in [5, 5.41) is 6.87. The SMILES string of the molecule is CCOc1ccc(CNC(=NC)NCC2(c3ccccc3)CC2)cc1OC.I. The smallest absolute Gasteiger partial charge is 0.191 e. The van der Waals surface area contributed by atoms with E-state index in [-0.39, 0.29) is 29.4 Å². The lowest BCUT2D eigenvalue weighted by Gasteiger charge is -2.19. The quantitative estimate of drug-likeness (QED) is 0.329. The minimum absolute atomic E-state index is 0. The largest absolute Gasteiger partial charge is 0.493 e. The third-order valence-electron chi connectivity index (χ3n) is 5.05. The second-order valence-corrected chi connectivity index (χ2v) is 6.84. The molecule has 2 N–H and O–H groups in total. The van der Waals surface area contributed by atoms with Gasteiger partial charge in [-0.1, -0.05) is 36.4 Å². The fourth-order valence-electron chi connectivity index (χ4n) is 3.27. The van der Waals surface area contributed by atoms with E-state index in [4.69, 9.17) is 9.47 Å². The molecule has 0 spiro atoms. The summed E-state index contributed by atoms with van der Waals surface area (Å²) in [5.74, 6) is 2.33. The van der Waals surface area contributed by atoms with E-state index in [2.05, 4.69) is 46.0 Å². The summed E-state index contributed by atoms with van der Waals surface area (Å²) in [5.41, 5.74) is 2.77. The van der Waals surface area contributed by atoms with Gasteiger partial charge in [-0.15, -0.1) is 24.0 Å². The fraction of sp³-hybridized carbons (Fsp3) is 0.409. The van der Waals surface area contributed by atoms with Gasteiger partial charge in [0.2, 0.25) is 0 Å². The molecule has 152 valence electrons. The van der Waals surface area contributed by atoms with Crippen LogP contribution in [0, 0.1) is 0 Å². The van der Waals surface area contributed by atoms with Crippen molar-refractivity contribution in [2.24, 2.45) is 4.99 Å². The van der Waals surface area contributed by atoms with Crippen LogP contribution in [0.3, 0.4) is 0 Å². The van der Waals surface area contributed by atoms with Crippen LogP contribution in [-0.2, 0) is 12.0 Å². The van der Waals surface area contributed by atoms with E-state index in [0.717, 1.165) is 29.6 Å². The molecule has 0 heterocycles. The molecule has 0 aliphatic heterocycles. The number of benzene rings is 2. The second-order valence-electron chi connectivity index (χ2n) is 6.84. The maximum atomic E-state index is 5.57. The zero-order chi connectivity index (χ0) is 19.1. The van der Waals surface area contributed by atoms with Crippen LogP contribution in [0.4, 0.5) is 0 Å². The maximum Gasteiger partial charge on any atom is 0.191 e. The third-order valence-corrected chi connectivity index (χ3v) is 5.05. The molecule has 0 atom stereocenters. The molecule has 1 fully saturated rings. The van der Waals surface area contributed by atoms with Gasteiger partial charge in [0.05, 0.1) is 13.7 Å². The molecule has 0 saturated heterocycles. The number of nitrogens with one attached hydrogen (secondary N) is 2. The molecular weight excluding hydrogens is 465 g/mol. The van der Waals surface area contributed by atoms with Crippen molar-refractivity contribution in [3.8, 4) is 11.5 Å². The molecule has 3 rings (SSSR count). The van der Waals surface area contributed by atoms with Gasteiger partial charge in [-0.2, -0.15) is 0 Å². The van der Waals surface area contributed by atoms with Crippen molar-refractivity contribution < 1.29 is 9.47 Å². The summed E-state index contributed by atoms with van der Waals surface area (Å²) in [6.07, 6.45) is 2.44. The number of ether oxygens (including phenoxy) is 2. The van der Waals surface area contributed by atoms with E-state index >= 15 is 0 Å². The van der Waals surface area contributed by atoms with Gasteiger partial charge in [-0.05, 0) is 43.0 Å². The average Bonchev–Trinajstić information content (AvgIpc) is 3.51. The van der Waals surface area contributed by atoms with Crippen LogP contribution in [0.2, 0.25) is 0 Å². The summed E-state index contributed by atoms with van der Waals surface area (Å²) >= 11 is 0. The topological polar surface area (TPSA) is 54.9 Å². The van der Waals surface area contributed by atoms with Crippen LogP contribution in [0.25, 0.3) is 0 Å². The molecule has 1 aliphatic rings. The van der Waals surface area contributed by atoms with Gasteiger partial charge >= 0.3 is 0 Å². The monoisotopic (exact) mass is 495 g/mol. The van der Waals surface area contributed by atoms with Crippen molar-refractivity contribution >= 4 is 29.9 Å². The highest BCUT2D eigenvalue weighted by Crippen LogP contribution is 2.47. The number of rotatable bonds is 8. The molecule has 0 unspecified atom stereocenters. The van der Waals surface area contributed by atoms with Gasteiger partial charge in [0.25, 0.3) is 0 Å². The molecule has 2 aromatic rings. The third kappa shape index (κ3) is 5.53. The fourth-order valence-corrected chi connectivity index (χ4v) is 3.27. The Morgan fingerprint density at radius 3 is 2.43 bits per heavy atom. The molecule has 28 heavy (non-hydrogen) atoms. The van der Waals surface area contributed by atoms with Crippen molar-refractivity contribution in [1.82, 2.24) is 10.6 Å². The number of halogens is 1. The highest BCUT2D eigenvalue weighted by atomic mass is 127. The molecule has 0 radical (unpaired) electrons. The Bertz CT molecular complexity index is 777. The Hall–Kier alpha value is -1.96. The highest BCUT2D eigenvalue weighted by molar-refractivity contribution is 14.0. The Kier molecular flexibility index (Phi) is 8.41. The van der Waals surface area contributed by atoms with Crippen molar-refractivity contribution in [1.29, 1.82) is 0 Å². The van der Waals surface area contributed by atoms with E-state index < -0.39 is 0 Å². The zero-order valence-electron chi connectivity index (χ0n) is 16.8. The highest BCUT2D eigenvalue weighted by Gasteiger charge is 2.43. The lowest BCUT2D eigenvalue weighted by atomic mass is 9.96.